The van der Waals surface area contributed by atoms with Gasteiger partial charge in [0.2, 0.25) is 0 Å². The van der Waals surface area contributed by atoms with E-state index < -0.39 is 11.8 Å². The number of nitrogens with zero attached hydrogens (tertiary/aromatic N) is 6. The van der Waals surface area contributed by atoms with Gasteiger partial charge in [0.25, 0.3) is 17.4 Å². The van der Waals surface area contributed by atoms with Gasteiger partial charge in [-0.05, 0) is 96.1 Å². The minimum Gasteiger partial charge on any atom is -0.321 e. The summed E-state index contributed by atoms with van der Waals surface area (Å²) in [6.07, 6.45) is 3.13. The number of anilines is 2. The van der Waals surface area contributed by atoms with Crippen LogP contribution in [-0.2, 0) is 13.1 Å². The summed E-state index contributed by atoms with van der Waals surface area (Å²) in [5.41, 5.74) is 4.49. The molecule has 0 spiro atoms. The van der Waals surface area contributed by atoms with E-state index >= 15 is 0 Å². The summed E-state index contributed by atoms with van der Waals surface area (Å²) < 4.78 is 5.03. The maximum absolute atomic E-state index is 13.6. The molecule has 0 atom stereocenters. The molecule has 0 fully saturated rings. The van der Waals surface area contributed by atoms with Crippen LogP contribution in [0.25, 0.3) is 28.2 Å². The summed E-state index contributed by atoms with van der Waals surface area (Å²) in [6, 6.07) is 42.8. The Bertz CT molecular complexity index is 3230. The molecule has 0 aliphatic heterocycles. The standard InChI is InChI=1S/C24H17Cl3N4O2.C24H15Cl3N4O/c25-16-6-9-18(10-7-16)29-24(33)21-22(30-23(32)19-11-8-17(26)12-20(19)27)31(14-28-21)13-15-4-2-1-3-5-15;25-16-6-9-18(10-7-16)31-22(19-11-8-17(26)12-20(19)27)29-23-21(24(31)32)28-14-30(23)13-15-4-2-1-3-5-15/h1-12,14H,13H2,(H,29,33)(H,30,32);1-12,14H,13H2. The predicted molar refractivity (Wildman–Crippen MR) is 261 cm³/mol. The first kappa shape index (κ1) is 45.1. The highest BCUT2D eigenvalue weighted by Crippen LogP contribution is 2.32. The van der Waals surface area contributed by atoms with E-state index in [4.69, 9.17) is 74.6 Å². The van der Waals surface area contributed by atoms with Gasteiger partial charge in [-0.2, -0.15) is 0 Å². The normalized spacial score (nSPS) is 10.9. The Hall–Kier alpha value is -6.44. The average Bonchev–Trinajstić information content (AvgIpc) is 3.89. The monoisotopic (exact) mass is 978 g/mol. The molecule has 2 N–H and O–H groups in total. The van der Waals surface area contributed by atoms with Crippen LogP contribution in [0, 0.1) is 0 Å². The number of carbonyl (C=O) groups is 2. The van der Waals surface area contributed by atoms with Crippen molar-refractivity contribution >= 4 is 104 Å². The van der Waals surface area contributed by atoms with Crippen LogP contribution in [0.2, 0.25) is 30.1 Å². The molecule has 0 saturated carbocycles. The largest absolute Gasteiger partial charge is 0.321 e. The van der Waals surface area contributed by atoms with Gasteiger partial charge in [0.1, 0.15) is 5.82 Å². The quantitative estimate of drug-likeness (QED) is 0.140. The minimum absolute atomic E-state index is 0.0549. The van der Waals surface area contributed by atoms with Crippen LogP contribution in [0.4, 0.5) is 11.5 Å². The van der Waals surface area contributed by atoms with Gasteiger partial charge < -0.3 is 19.8 Å². The third kappa shape index (κ3) is 10.6. The maximum atomic E-state index is 13.6. The summed E-state index contributed by atoms with van der Waals surface area (Å²) >= 11 is 36.7. The lowest BCUT2D eigenvalue weighted by atomic mass is 10.2. The number of nitrogens with one attached hydrogen (secondary N) is 2. The van der Waals surface area contributed by atoms with Crippen molar-refractivity contribution < 1.29 is 9.59 Å². The second-order valence-corrected chi connectivity index (χ2v) is 16.9. The molecule has 324 valence electrons. The highest BCUT2D eigenvalue weighted by molar-refractivity contribution is 6.37. The Kier molecular flexibility index (Phi) is 14.0. The highest BCUT2D eigenvalue weighted by atomic mass is 35.5. The third-order valence-corrected chi connectivity index (χ3v) is 11.4. The molecule has 9 rings (SSSR count). The Labute approximate surface area is 401 Å². The van der Waals surface area contributed by atoms with Gasteiger partial charge in [-0.3, -0.25) is 19.0 Å². The fourth-order valence-corrected chi connectivity index (χ4v) is 7.96. The number of imidazole rings is 2. The number of benzene rings is 6. The molecule has 9 aromatic rings. The Morgan fingerprint density at radius 2 is 1.11 bits per heavy atom. The summed E-state index contributed by atoms with van der Waals surface area (Å²) in [6.45, 7) is 0.925. The summed E-state index contributed by atoms with van der Waals surface area (Å²) in [5, 5.41) is 8.15. The first-order valence-corrected chi connectivity index (χ1v) is 21.8. The summed E-state index contributed by atoms with van der Waals surface area (Å²) in [7, 11) is 0. The van der Waals surface area contributed by atoms with Crippen LogP contribution < -0.4 is 16.2 Å². The molecule has 0 saturated heterocycles. The topological polar surface area (TPSA) is 129 Å². The SMILES string of the molecule is O=C(Nc1c(C(=O)Nc2ccc(Cl)cc2)ncn1Cc1ccccc1)c1ccc(Cl)cc1Cl.O=c1c2ncn(Cc3ccccc3)c2nc(-c2ccc(Cl)cc2Cl)n1-c1ccc(Cl)cc1. The fourth-order valence-electron chi connectivity index (χ4n) is 6.72. The number of halogens is 6. The molecule has 17 heteroatoms. The van der Waals surface area contributed by atoms with Gasteiger partial charge in [0.05, 0.1) is 47.0 Å². The molecule has 0 aliphatic rings. The average molecular weight is 982 g/mol. The van der Waals surface area contributed by atoms with E-state index in [1.807, 2.05) is 65.2 Å². The molecule has 3 aromatic heterocycles. The lowest BCUT2D eigenvalue weighted by Crippen LogP contribution is -2.22. The summed E-state index contributed by atoms with van der Waals surface area (Å²) in [4.78, 5) is 53.1. The van der Waals surface area contributed by atoms with Crippen molar-refractivity contribution in [1.82, 2.24) is 28.7 Å². The first-order chi connectivity index (χ1) is 31.4. The summed E-state index contributed by atoms with van der Waals surface area (Å²) in [5.74, 6) is -0.351. The van der Waals surface area contributed by atoms with E-state index in [-0.39, 0.29) is 33.2 Å². The van der Waals surface area contributed by atoms with Crippen molar-refractivity contribution in [3.8, 4) is 17.1 Å². The molecule has 65 heavy (non-hydrogen) atoms. The molecular weight excluding hydrogens is 949 g/mol. The molecule has 0 bridgehead atoms. The van der Waals surface area contributed by atoms with Gasteiger partial charge in [-0.25, -0.2) is 15.0 Å². The van der Waals surface area contributed by atoms with Crippen LogP contribution in [0.3, 0.4) is 0 Å². The van der Waals surface area contributed by atoms with Crippen molar-refractivity contribution in [2.75, 3.05) is 10.6 Å². The number of hydrogen-bond donors (Lipinski definition) is 2. The van der Waals surface area contributed by atoms with E-state index in [0.29, 0.717) is 66.6 Å². The molecule has 11 nitrogen and oxygen atoms in total. The zero-order chi connectivity index (χ0) is 45.6. The van der Waals surface area contributed by atoms with Gasteiger partial charge in [0.15, 0.2) is 22.7 Å². The lowest BCUT2D eigenvalue weighted by Gasteiger charge is -2.14. The fraction of sp³-hybridized carbons (Fsp3) is 0.0417. The number of hydrogen-bond acceptors (Lipinski definition) is 6. The lowest BCUT2D eigenvalue weighted by molar-refractivity contribution is 0.102. The van der Waals surface area contributed by atoms with Crippen LogP contribution >= 0.6 is 69.6 Å². The maximum Gasteiger partial charge on any atom is 0.286 e. The second kappa shape index (κ2) is 20.2. The Balaban J connectivity index is 0.000000177. The van der Waals surface area contributed by atoms with E-state index in [1.54, 1.807) is 83.7 Å². The number of fused-ring (bicyclic) bond motifs is 1. The highest BCUT2D eigenvalue weighted by Gasteiger charge is 2.23. The van der Waals surface area contributed by atoms with E-state index in [1.165, 1.54) is 23.0 Å². The van der Waals surface area contributed by atoms with Crippen molar-refractivity contribution in [1.29, 1.82) is 0 Å². The molecule has 2 amide bonds. The Morgan fingerprint density at radius 3 is 1.72 bits per heavy atom. The molecule has 0 aliphatic carbocycles. The van der Waals surface area contributed by atoms with E-state index in [9.17, 15) is 14.4 Å². The van der Waals surface area contributed by atoms with Crippen molar-refractivity contribution in [2.24, 2.45) is 0 Å². The van der Waals surface area contributed by atoms with Gasteiger partial charge >= 0.3 is 0 Å². The molecule has 6 aromatic carbocycles. The number of aromatic nitrogens is 6. The van der Waals surface area contributed by atoms with Gasteiger partial charge in [0, 0.05) is 31.3 Å². The molecule has 0 unspecified atom stereocenters. The first-order valence-electron chi connectivity index (χ1n) is 19.6. The van der Waals surface area contributed by atoms with Gasteiger partial charge in [-0.15, -0.1) is 0 Å². The minimum atomic E-state index is -0.493. The van der Waals surface area contributed by atoms with Crippen molar-refractivity contribution in [2.45, 2.75) is 13.1 Å². The van der Waals surface area contributed by atoms with Crippen LogP contribution in [0.15, 0.2) is 163 Å². The third-order valence-electron chi connectivity index (χ3n) is 9.85. The number of amides is 2. The van der Waals surface area contributed by atoms with Crippen LogP contribution in [0.5, 0.6) is 0 Å². The second-order valence-electron chi connectivity index (χ2n) is 14.3. The molecule has 3 heterocycles. The van der Waals surface area contributed by atoms with Crippen molar-refractivity contribution in [3.05, 3.63) is 221 Å². The number of carbonyl (C=O) groups excluding carboxylic acids is 2. The molecule has 0 radical (unpaired) electrons. The zero-order valence-electron chi connectivity index (χ0n) is 33.6. The number of rotatable bonds is 10. The van der Waals surface area contributed by atoms with Crippen molar-refractivity contribution in [3.63, 3.8) is 0 Å². The van der Waals surface area contributed by atoms with E-state index in [0.717, 1.165) is 11.1 Å². The molecular formula is C48H32Cl6N8O3. The van der Waals surface area contributed by atoms with Gasteiger partial charge in [-0.1, -0.05) is 130 Å². The Morgan fingerprint density at radius 1 is 0.554 bits per heavy atom. The van der Waals surface area contributed by atoms with Crippen LogP contribution in [-0.4, -0.2) is 40.5 Å². The smallest absolute Gasteiger partial charge is 0.286 e. The predicted octanol–water partition coefficient (Wildman–Crippen LogP) is 12.7. The zero-order valence-corrected chi connectivity index (χ0v) is 38.1. The van der Waals surface area contributed by atoms with Crippen LogP contribution in [0.1, 0.15) is 32.0 Å². The van der Waals surface area contributed by atoms with E-state index in [2.05, 4.69) is 20.6 Å².